The molecule has 172 valence electrons. The van der Waals surface area contributed by atoms with E-state index in [1.54, 1.807) is 26.1 Å². The van der Waals surface area contributed by atoms with E-state index in [0.29, 0.717) is 25.1 Å². The van der Waals surface area contributed by atoms with Crippen molar-refractivity contribution >= 4 is 29.2 Å². The molecule has 0 heterocycles. The zero-order valence-corrected chi connectivity index (χ0v) is 18.9. The molecule has 0 aromatic heterocycles. The topological polar surface area (TPSA) is 126 Å². The second-order valence-electron chi connectivity index (χ2n) is 7.75. The number of benzene rings is 1. The predicted molar refractivity (Wildman–Crippen MR) is 118 cm³/mol. The first-order valence-corrected chi connectivity index (χ1v) is 10.4. The summed E-state index contributed by atoms with van der Waals surface area (Å²) in [5.74, 6) is -1.25. The van der Waals surface area contributed by atoms with Crippen LogP contribution in [-0.4, -0.2) is 42.6 Å². The first-order chi connectivity index (χ1) is 14.6. The second-order valence-corrected chi connectivity index (χ2v) is 7.75. The Kier molecular flexibility index (Phi) is 11.4. The van der Waals surface area contributed by atoms with Gasteiger partial charge in [-0.05, 0) is 43.9 Å². The third-order valence-corrected chi connectivity index (χ3v) is 4.55. The van der Waals surface area contributed by atoms with Crippen molar-refractivity contribution in [2.45, 2.75) is 65.6 Å². The van der Waals surface area contributed by atoms with Crippen LogP contribution in [0.2, 0.25) is 0 Å². The lowest BCUT2D eigenvalue weighted by Crippen LogP contribution is -2.53. The van der Waals surface area contributed by atoms with Gasteiger partial charge in [-0.3, -0.25) is 19.2 Å². The van der Waals surface area contributed by atoms with E-state index in [-0.39, 0.29) is 29.9 Å². The van der Waals surface area contributed by atoms with Crippen molar-refractivity contribution in [3.63, 3.8) is 0 Å². The van der Waals surface area contributed by atoms with Crippen molar-refractivity contribution in [2.75, 3.05) is 12.4 Å². The van der Waals surface area contributed by atoms with E-state index in [0.717, 1.165) is 5.56 Å². The molecule has 2 atom stereocenters. The molecule has 9 nitrogen and oxygen atoms in total. The van der Waals surface area contributed by atoms with Crippen molar-refractivity contribution in [3.8, 4) is 0 Å². The number of carbonyl (C=O) groups excluding carboxylic acids is 4. The van der Waals surface area contributed by atoms with Crippen LogP contribution in [0.3, 0.4) is 0 Å². The van der Waals surface area contributed by atoms with E-state index in [1.807, 2.05) is 26.0 Å². The van der Waals surface area contributed by atoms with Gasteiger partial charge in [0, 0.05) is 25.6 Å². The minimum atomic E-state index is -0.796. The average molecular weight is 435 g/mol. The summed E-state index contributed by atoms with van der Waals surface area (Å²) in [4.78, 5) is 53.3. The highest BCUT2D eigenvalue weighted by Gasteiger charge is 2.26. The molecule has 9 heteroatoms. The highest BCUT2D eigenvalue weighted by molar-refractivity contribution is 5.98. The van der Waals surface area contributed by atoms with Gasteiger partial charge >= 0.3 is 0 Å². The summed E-state index contributed by atoms with van der Waals surface area (Å²) in [5.41, 5.74) is 4.12. The van der Waals surface area contributed by atoms with Crippen molar-refractivity contribution < 1.29 is 24.0 Å². The van der Waals surface area contributed by atoms with Gasteiger partial charge in [0.25, 0.3) is 0 Å². The Labute approximate surface area is 183 Å². The molecule has 0 radical (unpaired) electrons. The highest BCUT2D eigenvalue weighted by Crippen LogP contribution is 2.11. The standard InChI is InChI=1S/C22H34N4O5/c1-14(2)20(26-19(28)8-6-7-15(3)27)22(30)24-16(4)21(29)25-18-11-9-17(10-12-18)13-31-23-5/h9-12,14,16,20,23H,6-8,13H2,1-5H3,(H,24,30)(H,25,29)(H,26,28). The molecule has 1 rings (SSSR count). The van der Waals surface area contributed by atoms with Gasteiger partial charge in [-0.2, -0.15) is 0 Å². The molecule has 3 amide bonds. The molecule has 0 fully saturated rings. The Balaban J connectivity index is 2.58. The van der Waals surface area contributed by atoms with E-state index < -0.39 is 18.0 Å². The Hall–Kier alpha value is -2.78. The smallest absolute Gasteiger partial charge is 0.246 e. The SMILES string of the molecule is CNOCc1ccc(NC(=O)C(C)NC(=O)C(NC(=O)CCCC(C)=O)C(C)C)cc1. The van der Waals surface area contributed by atoms with Crippen molar-refractivity contribution in [1.82, 2.24) is 16.1 Å². The lowest BCUT2D eigenvalue weighted by atomic mass is 10.0. The third-order valence-electron chi connectivity index (χ3n) is 4.55. The molecule has 1 aromatic carbocycles. The maximum absolute atomic E-state index is 12.6. The molecule has 0 aliphatic heterocycles. The molecule has 0 aliphatic carbocycles. The van der Waals surface area contributed by atoms with E-state index in [2.05, 4.69) is 21.4 Å². The summed E-state index contributed by atoms with van der Waals surface area (Å²) >= 11 is 0. The van der Waals surface area contributed by atoms with Gasteiger partial charge < -0.3 is 20.7 Å². The monoisotopic (exact) mass is 434 g/mol. The van der Waals surface area contributed by atoms with Crippen LogP contribution < -0.4 is 21.4 Å². The average Bonchev–Trinajstić information content (AvgIpc) is 2.70. The fraction of sp³-hybridized carbons (Fsp3) is 0.545. The van der Waals surface area contributed by atoms with Crippen molar-refractivity contribution in [1.29, 1.82) is 0 Å². The molecule has 0 saturated heterocycles. The van der Waals surface area contributed by atoms with Crippen LogP contribution in [0.5, 0.6) is 0 Å². The van der Waals surface area contributed by atoms with Crippen molar-refractivity contribution in [3.05, 3.63) is 29.8 Å². The van der Waals surface area contributed by atoms with Crippen LogP contribution in [0, 0.1) is 5.92 Å². The van der Waals surface area contributed by atoms with Gasteiger partial charge in [0.05, 0.1) is 6.61 Å². The first kappa shape index (κ1) is 26.3. The summed E-state index contributed by atoms with van der Waals surface area (Å²) in [6.07, 6.45) is 0.931. The van der Waals surface area contributed by atoms with E-state index in [9.17, 15) is 19.2 Å². The van der Waals surface area contributed by atoms with Crippen LogP contribution in [0.4, 0.5) is 5.69 Å². The summed E-state index contributed by atoms with van der Waals surface area (Å²) < 4.78 is 0. The molecule has 4 N–H and O–H groups in total. The number of nitrogens with one attached hydrogen (secondary N) is 4. The first-order valence-electron chi connectivity index (χ1n) is 10.4. The number of anilines is 1. The minimum absolute atomic E-state index is 0.0201. The fourth-order valence-corrected chi connectivity index (χ4v) is 2.74. The van der Waals surface area contributed by atoms with E-state index in [4.69, 9.17) is 4.84 Å². The quantitative estimate of drug-likeness (QED) is 0.350. The van der Waals surface area contributed by atoms with Gasteiger partial charge in [-0.1, -0.05) is 26.0 Å². The van der Waals surface area contributed by atoms with Gasteiger partial charge in [-0.15, -0.1) is 0 Å². The molecule has 0 saturated carbocycles. The molecule has 31 heavy (non-hydrogen) atoms. The Morgan fingerprint density at radius 1 is 0.935 bits per heavy atom. The van der Waals surface area contributed by atoms with E-state index in [1.165, 1.54) is 6.92 Å². The van der Waals surface area contributed by atoms with Gasteiger partial charge in [0.1, 0.15) is 17.9 Å². The van der Waals surface area contributed by atoms with Crippen LogP contribution in [0.1, 0.15) is 52.5 Å². The van der Waals surface area contributed by atoms with Crippen LogP contribution in [0.25, 0.3) is 0 Å². The molecule has 0 spiro atoms. The molecule has 0 bridgehead atoms. The van der Waals surface area contributed by atoms with Crippen molar-refractivity contribution in [2.24, 2.45) is 5.92 Å². The number of hydroxylamine groups is 1. The summed E-state index contributed by atoms with van der Waals surface area (Å²) in [7, 11) is 1.67. The molecule has 1 aromatic rings. The zero-order valence-electron chi connectivity index (χ0n) is 18.9. The number of hydrogen-bond donors (Lipinski definition) is 4. The minimum Gasteiger partial charge on any atom is -0.344 e. The Morgan fingerprint density at radius 3 is 2.13 bits per heavy atom. The largest absolute Gasteiger partial charge is 0.344 e. The maximum Gasteiger partial charge on any atom is 0.246 e. The third kappa shape index (κ3) is 10.2. The lowest BCUT2D eigenvalue weighted by molar-refractivity contribution is -0.131. The number of ketones is 1. The Bertz CT molecular complexity index is 749. The molecular weight excluding hydrogens is 400 g/mol. The molecule has 2 unspecified atom stereocenters. The molecular formula is C22H34N4O5. The summed E-state index contributed by atoms with van der Waals surface area (Å²) in [6.45, 7) is 7.07. The Morgan fingerprint density at radius 2 is 1.58 bits per heavy atom. The van der Waals surface area contributed by atoms with Crippen LogP contribution >= 0.6 is 0 Å². The van der Waals surface area contributed by atoms with Gasteiger partial charge in [0.2, 0.25) is 17.7 Å². The number of Topliss-reactive ketones (excluding diaryl/α,β-unsaturated/α-hetero) is 1. The highest BCUT2D eigenvalue weighted by atomic mass is 16.6. The fourth-order valence-electron chi connectivity index (χ4n) is 2.74. The van der Waals surface area contributed by atoms with E-state index >= 15 is 0 Å². The second kappa shape index (κ2) is 13.5. The van der Waals surface area contributed by atoms with Gasteiger partial charge in [0.15, 0.2) is 0 Å². The van der Waals surface area contributed by atoms with Crippen LogP contribution in [-0.2, 0) is 30.6 Å². The number of carbonyl (C=O) groups is 4. The molecule has 0 aliphatic rings. The summed E-state index contributed by atoms with van der Waals surface area (Å²) in [5, 5.41) is 8.10. The predicted octanol–water partition coefficient (Wildman–Crippen LogP) is 1.68. The zero-order chi connectivity index (χ0) is 23.4. The normalized spacial score (nSPS) is 12.7. The summed E-state index contributed by atoms with van der Waals surface area (Å²) in [6, 6.07) is 5.58. The number of amides is 3. The number of rotatable bonds is 13. The lowest BCUT2D eigenvalue weighted by Gasteiger charge is -2.24. The maximum atomic E-state index is 12.6. The van der Waals surface area contributed by atoms with Gasteiger partial charge in [-0.25, -0.2) is 5.48 Å². The number of hydrogen-bond acceptors (Lipinski definition) is 6. The van der Waals surface area contributed by atoms with Crippen LogP contribution in [0.15, 0.2) is 24.3 Å².